The van der Waals surface area contributed by atoms with Crippen molar-refractivity contribution in [3.05, 3.63) is 101 Å². The number of nitrogens with zero attached hydrogens (tertiary/aromatic N) is 2. The van der Waals surface area contributed by atoms with Crippen LogP contribution in [0.4, 0.5) is 0 Å². The molecule has 0 unspecified atom stereocenters. The largest absolute Gasteiger partial charge is 0.485 e. The monoisotopic (exact) mass is 422 g/mol. The first-order chi connectivity index (χ1) is 15.7. The van der Waals surface area contributed by atoms with E-state index in [1.165, 1.54) is 18.4 Å². The van der Waals surface area contributed by atoms with Crippen LogP contribution in [0, 0.1) is 5.92 Å². The highest BCUT2D eigenvalue weighted by atomic mass is 16.5. The fourth-order valence-corrected chi connectivity index (χ4v) is 4.52. The lowest BCUT2D eigenvalue weighted by atomic mass is 9.98. The summed E-state index contributed by atoms with van der Waals surface area (Å²) in [6.45, 7) is 0.460. The van der Waals surface area contributed by atoms with Crippen molar-refractivity contribution in [1.29, 1.82) is 0 Å². The quantitative estimate of drug-likeness (QED) is 0.409. The number of rotatable bonds is 6. The van der Waals surface area contributed by atoms with Gasteiger partial charge in [-0.05, 0) is 36.0 Å². The zero-order valence-corrected chi connectivity index (χ0v) is 17.5. The first-order valence-corrected chi connectivity index (χ1v) is 11.0. The third-order valence-electron chi connectivity index (χ3n) is 6.38. The lowest BCUT2D eigenvalue weighted by Crippen LogP contribution is -2.18. The van der Waals surface area contributed by atoms with E-state index in [4.69, 9.17) is 9.72 Å². The van der Waals surface area contributed by atoms with E-state index in [9.17, 15) is 9.59 Å². The predicted molar refractivity (Wildman–Crippen MR) is 120 cm³/mol. The van der Waals surface area contributed by atoms with E-state index < -0.39 is 5.92 Å². The molecular formula is C27H22N2O3. The first-order valence-electron chi connectivity index (χ1n) is 11.0. The Morgan fingerprint density at radius 1 is 0.906 bits per heavy atom. The highest BCUT2D eigenvalue weighted by Crippen LogP contribution is 2.42. The molecule has 0 atom stereocenters. The number of carbonyl (C=O) groups excluding carboxylic acids is 2. The molecule has 1 saturated carbocycles. The highest BCUT2D eigenvalue weighted by Gasteiger charge is 2.38. The Kier molecular flexibility index (Phi) is 4.42. The molecule has 0 aliphatic heterocycles. The maximum atomic E-state index is 12.8. The van der Waals surface area contributed by atoms with Gasteiger partial charge in [0.1, 0.15) is 6.61 Å². The van der Waals surface area contributed by atoms with E-state index in [0.29, 0.717) is 30.1 Å². The highest BCUT2D eigenvalue weighted by molar-refractivity contribution is 6.26. The van der Waals surface area contributed by atoms with Gasteiger partial charge in [-0.3, -0.25) is 9.59 Å². The number of benzene rings is 2. The van der Waals surface area contributed by atoms with E-state index >= 15 is 0 Å². The molecule has 2 aliphatic carbocycles. The molecule has 0 bridgehead atoms. The minimum Gasteiger partial charge on any atom is -0.485 e. The van der Waals surface area contributed by atoms with Crippen LogP contribution in [-0.2, 0) is 13.0 Å². The fourth-order valence-electron chi connectivity index (χ4n) is 4.52. The zero-order chi connectivity index (χ0) is 21.7. The molecule has 2 aliphatic rings. The van der Waals surface area contributed by atoms with Gasteiger partial charge in [-0.2, -0.15) is 0 Å². The van der Waals surface area contributed by atoms with Gasteiger partial charge in [0.25, 0.3) is 0 Å². The molecule has 2 heterocycles. The molecule has 6 rings (SSSR count). The second-order valence-corrected chi connectivity index (χ2v) is 8.68. The van der Waals surface area contributed by atoms with E-state index in [1.807, 2.05) is 40.9 Å². The number of ether oxygens (including phenoxy) is 1. The lowest BCUT2D eigenvalue weighted by molar-refractivity contribution is 0.0837. The number of ketones is 2. The van der Waals surface area contributed by atoms with Crippen LogP contribution in [0.3, 0.4) is 0 Å². The fraction of sp³-hybridized carbons (Fsp3) is 0.222. The smallest absolute Gasteiger partial charge is 0.179 e. The van der Waals surface area contributed by atoms with Crippen molar-refractivity contribution in [2.75, 3.05) is 0 Å². The van der Waals surface area contributed by atoms with Gasteiger partial charge in [-0.25, -0.2) is 4.98 Å². The lowest BCUT2D eigenvalue weighted by Gasteiger charge is -2.10. The number of hydrogen-bond acceptors (Lipinski definition) is 4. The van der Waals surface area contributed by atoms with Crippen molar-refractivity contribution in [3.63, 3.8) is 0 Å². The third kappa shape index (κ3) is 3.30. The van der Waals surface area contributed by atoms with Crippen LogP contribution in [0.1, 0.15) is 56.3 Å². The van der Waals surface area contributed by atoms with Crippen LogP contribution in [0.15, 0.2) is 73.1 Å². The Balaban J connectivity index is 1.32. The standard InChI is InChI=1S/C27H22N2O3/c30-25-21-8-4-5-9-22(21)26(31)23(25)13-20-15-29-14-19(18-10-11-18)12-24(27(29)28-20)32-16-17-6-2-1-3-7-17/h1-9,12,14-15,18,23H,10-11,13,16H2. The van der Waals surface area contributed by atoms with Crippen LogP contribution in [0.2, 0.25) is 0 Å². The van der Waals surface area contributed by atoms with Gasteiger partial charge in [-0.15, -0.1) is 0 Å². The molecule has 32 heavy (non-hydrogen) atoms. The molecule has 4 aromatic rings. The first kappa shape index (κ1) is 19.0. The summed E-state index contributed by atoms with van der Waals surface area (Å²) in [6.07, 6.45) is 6.71. The minimum atomic E-state index is -0.700. The molecular weight excluding hydrogens is 400 g/mol. The normalized spacial score (nSPS) is 16.0. The van der Waals surface area contributed by atoms with Crippen LogP contribution < -0.4 is 4.74 Å². The summed E-state index contributed by atoms with van der Waals surface area (Å²) in [5.41, 5.74) is 4.82. The Labute approximate surface area is 185 Å². The van der Waals surface area contributed by atoms with Gasteiger partial charge >= 0.3 is 0 Å². The van der Waals surface area contributed by atoms with Gasteiger partial charge in [0.15, 0.2) is 23.0 Å². The molecule has 158 valence electrons. The second-order valence-electron chi connectivity index (χ2n) is 8.68. The molecule has 0 spiro atoms. The van der Waals surface area contributed by atoms with Gasteiger partial charge in [0, 0.05) is 29.9 Å². The van der Waals surface area contributed by atoms with Crippen LogP contribution >= 0.6 is 0 Å². The predicted octanol–water partition coefficient (Wildman–Crippen LogP) is 5.03. The van der Waals surface area contributed by atoms with E-state index in [2.05, 4.69) is 12.3 Å². The molecule has 5 heteroatoms. The van der Waals surface area contributed by atoms with Gasteiger partial charge < -0.3 is 9.14 Å². The molecule has 0 radical (unpaired) electrons. The molecule has 0 amide bonds. The van der Waals surface area contributed by atoms with Crippen molar-refractivity contribution < 1.29 is 14.3 Å². The Morgan fingerprint density at radius 3 is 2.28 bits per heavy atom. The van der Waals surface area contributed by atoms with Crippen molar-refractivity contribution in [2.24, 2.45) is 5.92 Å². The van der Waals surface area contributed by atoms with Crippen molar-refractivity contribution >= 4 is 17.2 Å². The summed E-state index contributed by atoms with van der Waals surface area (Å²) in [7, 11) is 0. The number of fused-ring (bicyclic) bond motifs is 2. The summed E-state index contributed by atoms with van der Waals surface area (Å²) in [6, 6.07) is 19.2. The molecule has 1 fully saturated rings. The van der Waals surface area contributed by atoms with E-state index in [-0.39, 0.29) is 11.6 Å². The number of aromatic nitrogens is 2. The number of pyridine rings is 1. The van der Waals surface area contributed by atoms with Crippen molar-refractivity contribution in [1.82, 2.24) is 9.38 Å². The molecule has 2 aromatic carbocycles. The number of hydrogen-bond donors (Lipinski definition) is 0. The van der Waals surface area contributed by atoms with E-state index in [0.717, 1.165) is 22.7 Å². The summed E-state index contributed by atoms with van der Waals surface area (Å²) in [4.78, 5) is 30.4. The van der Waals surface area contributed by atoms with Gasteiger partial charge in [-0.1, -0.05) is 54.6 Å². The van der Waals surface area contributed by atoms with Gasteiger partial charge in [0.05, 0.1) is 11.6 Å². The van der Waals surface area contributed by atoms with Crippen LogP contribution in [-0.4, -0.2) is 21.0 Å². The Hall–Kier alpha value is -3.73. The van der Waals surface area contributed by atoms with Crippen LogP contribution in [0.25, 0.3) is 5.65 Å². The average molecular weight is 422 g/mol. The number of imidazole rings is 1. The second kappa shape index (κ2) is 7.45. The Bertz CT molecular complexity index is 1320. The zero-order valence-electron chi connectivity index (χ0n) is 17.5. The topological polar surface area (TPSA) is 60.7 Å². The molecule has 2 aromatic heterocycles. The minimum absolute atomic E-state index is 0.109. The Morgan fingerprint density at radius 2 is 1.59 bits per heavy atom. The summed E-state index contributed by atoms with van der Waals surface area (Å²) in [5.74, 6) is 0.381. The maximum absolute atomic E-state index is 12.8. The van der Waals surface area contributed by atoms with Gasteiger partial charge in [0.2, 0.25) is 0 Å². The summed E-state index contributed by atoms with van der Waals surface area (Å²) < 4.78 is 8.17. The summed E-state index contributed by atoms with van der Waals surface area (Å²) >= 11 is 0. The number of Topliss-reactive ketones (excluding diaryl/α,β-unsaturated/α-hetero) is 2. The third-order valence-corrected chi connectivity index (χ3v) is 6.38. The number of carbonyl (C=O) groups is 2. The molecule has 0 saturated heterocycles. The molecule has 0 N–H and O–H groups in total. The van der Waals surface area contributed by atoms with E-state index in [1.54, 1.807) is 24.3 Å². The maximum Gasteiger partial charge on any atom is 0.179 e. The van der Waals surface area contributed by atoms with Crippen molar-refractivity contribution in [3.8, 4) is 5.75 Å². The SMILES string of the molecule is O=C1c2ccccc2C(=O)C1Cc1cn2cc(C3CC3)cc(OCc3ccccc3)c2n1. The van der Waals surface area contributed by atoms with Crippen LogP contribution in [0.5, 0.6) is 5.75 Å². The summed E-state index contributed by atoms with van der Waals surface area (Å²) in [5, 5.41) is 0. The molecule has 5 nitrogen and oxygen atoms in total. The van der Waals surface area contributed by atoms with Crippen molar-refractivity contribution in [2.45, 2.75) is 31.8 Å². The average Bonchev–Trinajstić information content (AvgIpc) is 3.55.